The number of ether oxygens (including phenoxy) is 1. The van der Waals surface area contributed by atoms with Gasteiger partial charge in [0.05, 0.1) is 13.2 Å². The molecule has 7 unspecified atom stereocenters. The van der Waals surface area contributed by atoms with Gasteiger partial charge in [0, 0.05) is 36.2 Å². The van der Waals surface area contributed by atoms with Gasteiger partial charge in [0.25, 0.3) is 5.91 Å². The first kappa shape index (κ1) is 25.1. The Kier molecular flexibility index (Phi) is 6.52. The minimum Gasteiger partial charge on any atom is -0.496 e. The SMILES string of the molecule is CCC(=O)C(CC1CCCCC1=O)NC(=O)C1C2CC3CC3C2CN1C(=O)c1cc2c(OC)cccc2[nH]1. The summed E-state index contributed by atoms with van der Waals surface area (Å²) in [7, 11) is 1.60. The van der Waals surface area contributed by atoms with Crippen LogP contribution in [0.1, 0.15) is 68.8 Å². The summed E-state index contributed by atoms with van der Waals surface area (Å²) in [6, 6.07) is 6.14. The molecule has 2 heterocycles. The van der Waals surface area contributed by atoms with E-state index in [-0.39, 0.29) is 35.2 Å². The smallest absolute Gasteiger partial charge is 0.271 e. The molecule has 1 aliphatic heterocycles. The zero-order valence-electron chi connectivity index (χ0n) is 22.2. The third kappa shape index (κ3) is 4.31. The monoisotopic (exact) mass is 519 g/mol. The largest absolute Gasteiger partial charge is 0.496 e. The molecular weight excluding hydrogens is 482 g/mol. The van der Waals surface area contributed by atoms with Crippen molar-refractivity contribution in [3.8, 4) is 5.75 Å². The van der Waals surface area contributed by atoms with Crippen molar-refractivity contribution in [1.82, 2.24) is 15.2 Å². The summed E-state index contributed by atoms with van der Waals surface area (Å²) < 4.78 is 5.47. The predicted octanol–water partition coefficient (Wildman–Crippen LogP) is 3.89. The van der Waals surface area contributed by atoms with Crippen molar-refractivity contribution < 1.29 is 23.9 Å². The highest BCUT2D eigenvalue weighted by molar-refractivity contribution is 6.02. The highest BCUT2D eigenvalue weighted by Crippen LogP contribution is 2.62. The summed E-state index contributed by atoms with van der Waals surface area (Å²) in [6.07, 6.45) is 5.99. The number of nitrogens with zero attached hydrogens (tertiary/aromatic N) is 1. The van der Waals surface area contributed by atoms with Crippen LogP contribution in [0.4, 0.5) is 0 Å². The fourth-order valence-electron chi connectivity index (χ4n) is 7.60. The topological polar surface area (TPSA) is 109 Å². The first-order valence-electron chi connectivity index (χ1n) is 14.2. The van der Waals surface area contributed by atoms with Gasteiger partial charge in [-0.1, -0.05) is 19.4 Å². The van der Waals surface area contributed by atoms with Crippen LogP contribution in [0, 0.1) is 29.6 Å². The summed E-state index contributed by atoms with van der Waals surface area (Å²) in [5.41, 5.74) is 1.24. The number of Topliss-reactive ketones (excluding diaryl/α,β-unsaturated/α-hetero) is 2. The van der Waals surface area contributed by atoms with Crippen LogP contribution in [0.15, 0.2) is 24.3 Å². The van der Waals surface area contributed by atoms with Crippen molar-refractivity contribution >= 4 is 34.3 Å². The molecule has 8 heteroatoms. The molecule has 4 aliphatic rings. The summed E-state index contributed by atoms with van der Waals surface area (Å²) in [4.78, 5) is 58.2. The number of amides is 2. The number of likely N-dealkylation sites (tertiary alicyclic amines) is 1. The van der Waals surface area contributed by atoms with E-state index >= 15 is 0 Å². The van der Waals surface area contributed by atoms with E-state index in [1.807, 2.05) is 18.2 Å². The maximum absolute atomic E-state index is 13.9. The van der Waals surface area contributed by atoms with Crippen molar-refractivity contribution in [2.24, 2.45) is 29.6 Å². The van der Waals surface area contributed by atoms with Crippen molar-refractivity contribution in [2.75, 3.05) is 13.7 Å². The number of rotatable bonds is 8. The van der Waals surface area contributed by atoms with Crippen molar-refractivity contribution in [3.63, 3.8) is 0 Å². The Balaban J connectivity index is 1.26. The Labute approximate surface area is 222 Å². The normalized spacial score (nSPS) is 30.6. The van der Waals surface area contributed by atoms with E-state index in [0.29, 0.717) is 55.0 Å². The van der Waals surface area contributed by atoms with Gasteiger partial charge in [-0.25, -0.2) is 0 Å². The number of aromatic nitrogens is 1. The van der Waals surface area contributed by atoms with E-state index in [1.165, 1.54) is 6.42 Å². The second-order valence-electron chi connectivity index (χ2n) is 11.8. The van der Waals surface area contributed by atoms with Crippen molar-refractivity contribution in [2.45, 2.75) is 70.4 Å². The second kappa shape index (κ2) is 9.86. The molecule has 0 radical (unpaired) electrons. The molecule has 38 heavy (non-hydrogen) atoms. The molecular formula is C30H37N3O5. The summed E-state index contributed by atoms with van der Waals surface area (Å²) >= 11 is 0. The number of H-pyrrole nitrogens is 1. The lowest BCUT2D eigenvalue weighted by molar-refractivity contribution is -0.132. The number of carbonyl (C=O) groups excluding carboxylic acids is 4. The quantitative estimate of drug-likeness (QED) is 0.550. The number of nitrogens with one attached hydrogen (secondary N) is 2. The highest BCUT2D eigenvalue weighted by atomic mass is 16.5. The number of carbonyl (C=O) groups is 4. The third-order valence-corrected chi connectivity index (χ3v) is 9.66. The van der Waals surface area contributed by atoms with Gasteiger partial charge in [0.2, 0.25) is 5.91 Å². The maximum atomic E-state index is 13.9. The molecule has 8 nitrogen and oxygen atoms in total. The van der Waals surface area contributed by atoms with Gasteiger partial charge in [-0.15, -0.1) is 0 Å². The van der Waals surface area contributed by atoms with E-state index < -0.39 is 12.1 Å². The summed E-state index contributed by atoms with van der Waals surface area (Å²) in [5, 5.41) is 3.86. The van der Waals surface area contributed by atoms with Gasteiger partial charge in [0.15, 0.2) is 5.78 Å². The Bertz CT molecular complexity index is 1280. The molecule has 4 fully saturated rings. The Morgan fingerprint density at radius 1 is 1.16 bits per heavy atom. The van der Waals surface area contributed by atoms with Crippen molar-refractivity contribution in [3.05, 3.63) is 30.0 Å². The van der Waals surface area contributed by atoms with Crippen LogP contribution in [0.5, 0.6) is 5.75 Å². The molecule has 2 amide bonds. The number of hydrogen-bond donors (Lipinski definition) is 2. The molecule has 7 atom stereocenters. The molecule has 0 spiro atoms. The van der Waals surface area contributed by atoms with Gasteiger partial charge in [-0.3, -0.25) is 19.2 Å². The molecule has 2 aromatic rings. The predicted molar refractivity (Wildman–Crippen MR) is 142 cm³/mol. The first-order valence-corrected chi connectivity index (χ1v) is 14.2. The van der Waals surface area contributed by atoms with Crippen LogP contribution in [0.3, 0.4) is 0 Å². The lowest BCUT2D eigenvalue weighted by Crippen LogP contribution is -2.53. The number of methoxy groups -OCH3 is 1. The lowest BCUT2D eigenvalue weighted by atomic mass is 9.82. The van der Waals surface area contributed by atoms with E-state index in [2.05, 4.69) is 10.3 Å². The van der Waals surface area contributed by atoms with Gasteiger partial charge in [-0.05, 0) is 74.0 Å². The van der Waals surface area contributed by atoms with Crippen molar-refractivity contribution in [1.29, 1.82) is 0 Å². The van der Waals surface area contributed by atoms with Crippen LogP contribution < -0.4 is 10.1 Å². The van der Waals surface area contributed by atoms with E-state index in [1.54, 1.807) is 25.0 Å². The van der Waals surface area contributed by atoms with Gasteiger partial charge in [-0.2, -0.15) is 0 Å². The summed E-state index contributed by atoms with van der Waals surface area (Å²) in [6.45, 7) is 2.35. The number of ketones is 2. The van der Waals surface area contributed by atoms with Gasteiger partial charge < -0.3 is 19.9 Å². The maximum Gasteiger partial charge on any atom is 0.271 e. The lowest BCUT2D eigenvalue weighted by Gasteiger charge is -2.30. The molecule has 3 saturated carbocycles. The molecule has 0 bridgehead atoms. The second-order valence-corrected chi connectivity index (χ2v) is 11.8. The van der Waals surface area contributed by atoms with Gasteiger partial charge in [0.1, 0.15) is 23.3 Å². The number of benzene rings is 1. The van der Waals surface area contributed by atoms with Crippen LogP contribution in [-0.2, 0) is 14.4 Å². The van der Waals surface area contributed by atoms with Gasteiger partial charge >= 0.3 is 0 Å². The fraction of sp³-hybridized carbons (Fsp3) is 0.600. The standard InChI is InChI=1S/C30H37N3O5/c1-3-25(34)23(13-16-7-4-5-9-26(16)35)32-29(36)28-19-12-17-11-18(17)21(19)15-33(28)30(37)24-14-20-22(31-24)8-6-10-27(20)38-2/h6,8,10,14,16-19,21,23,28,31H,3-5,7,9,11-13,15H2,1-2H3,(H,32,36). The minimum absolute atomic E-state index is 0.0545. The summed E-state index contributed by atoms with van der Waals surface area (Å²) in [5.74, 6) is 1.86. The molecule has 202 valence electrons. The molecule has 3 aliphatic carbocycles. The average Bonchev–Trinajstić information content (AvgIpc) is 3.25. The van der Waals surface area contributed by atoms with Crippen LogP contribution in [0.25, 0.3) is 10.9 Å². The number of hydrogen-bond acceptors (Lipinski definition) is 5. The third-order valence-electron chi connectivity index (χ3n) is 9.66. The average molecular weight is 520 g/mol. The van der Waals surface area contributed by atoms with E-state index in [9.17, 15) is 19.2 Å². The fourth-order valence-corrected chi connectivity index (χ4v) is 7.60. The Hall–Kier alpha value is -3.16. The Morgan fingerprint density at radius 3 is 2.74 bits per heavy atom. The number of fused-ring (bicyclic) bond motifs is 4. The van der Waals surface area contributed by atoms with E-state index in [4.69, 9.17) is 4.74 Å². The Morgan fingerprint density at radius 2 is 1.97 bits per heavy atom. The first-order chi connectivity index (χ1) is 18.4. The molecule has 6 rings (SSSR count). The van der Waals surface area contributed by atoms with Crippen LogP contribution in [0.2, 0.25) is 0 Å². The molecule has 1 saturated heterocycles. The van der Waals surface area contributed by atoms with Crippen LogP contribution in [-0.4, -0.2) is 59.0 Å². The van der Waals surface area contributed by atoms with E-state index in [0.717, 1.165) is 36.6 Å². The zero-order valence-corrected chi connectivity index (χ0v) is 22.2. The highest BCUT2D eigenvalue weighted by Gasteiger charge is 2.62. The molecule has 2 N–H and O–H groups in total. The number of aromatic amines is 1. The zero-order chi connectivity index (χ0) is 26.6. The van der Waals surface area contributed by atoms with Crippen LogP contribution >= 0.6 is 0 Å². The molecule has 1 aromatic carbocycles. The molecule has 1 aromatic heterocycles. The minimum atomic E-state index is -0.691.